The fourth-order valence-electron chi connectivity index (χ4n) is 3.97. The van der Waals surface area contributed by atoms with Gasteiger partial charge in [0.1, 0.15) is 24.2 Å². The van der Waals surface area contributed by atoms with E-state index in [-0.39, 0.29) is 34.8 Å². The highest BCUT2D eigenvalue weighted by Gasteiger charge is 2.42. The van der Waals surface area contributed by atoms with E-state index in [1.165, 1.54) is 36.1 Å². The number of nitrogens with zero attached hydrogens (tertiary/aromatic N) is 1. The second-order valence-corrected chi connectivity index (χ2v) is 7.87. The number of nitro benzene ring substituents is 1. The second kappa shape index (κ2) is 9.21. The van der Waals surface area contributed by atoms with Crippen molar-refractivity contribution >= 4 is 17.4 Å². The van der Waals surface area contributed by atoms with Crippen molar-refractivity contribution in [2.75, 3.05) is 0 Å². The molecule has 1 heterocycles. The zero-order valence-corrected chi connectivity index (χ0v) is 17.6. The molecule has 166 valence electrons. The number of aryl methyl sites for hydroxylation is 1. The molecule has 0 aromatic heterocycles. The third kappa shape index (κ3) is 4.64. The molecule has 2 aliphatic rings. The number of hydrogen-bond acceptors (Lipinski definition) is 7. The van der Waals surface area contributed by atoms with Crippen molar-refractivity contribution in [3.05, 3.63) is 81.8 Å². The Labute approximate surface area is 184 Å². The molecule has 0 saturated heterocycles. The van der Waals surface area contributed by atoms with Gasteiger partial charge in [0.25, 0.3) is 5.69 Å². The largest absolute Gasteiger partial charge is 0.493 e. The van der Waals surface area contributed by atoms with E-state index in [1.54, 1.807) is 0 Å². The first-order valence-corrected chi connectivity index (χ1v) is 10.6. The van der Waals surface area contributed by atoms with Gasteiger partial charge in [0.2, 0.25) is 11.5 Å². The van der Waals surface area contributed by atoms with Crippen LogP contribution in [-0.4, -0.2) is 28.9 Å². The minimum atomic E-state index is -0.555. The lowest BCUT2D eigenvalue weighted by Gasteiger charge is -2.36. The monoisotopic (exact) mass is 437 g/mol. The summed E-state index contributed by atoms with van der Waals surface area (Å²) in [5, 5.41) is 10.7. The number of carbonyl (C=O) groups is 2. The van der Waals surface area contributed by atoms with Crippen LogP contribution in [0.2, 0.25) is 0 Å². The number of fused-ring (bicyclic) bond motifs is 1. The molecular weight excluding hydrogens is 414 g/mol. The minimum absolute atomic E-state index is 0.0951. The number of Topliss-reactive ketones (excluding diaryl/α,β-unsaturated/α-hetero) is 1. The first-order chi connectivity index (χ1) is 15.4. The molecule has 0 amide bonds. The Morgan fingerprint density at radius 1 is 1.12 bits per heavy atom. The smallest absolute Gasteiger partial charge is 0.338 e. The number of ether oxygens (including phenoxy) is 3. The number of hydrogen-bond donors (Lipinski definition) is 0. The summed E-state index contributed by atoms with van der Waals surface area (Å²) in [6.07, 6.45) is 2.90. The highest BCUT2D eigenvalue weighted by molar-refractivity contribution is 5.96. The number of benzene rings is 2. The lowest BCUT2D eigenvalue weighted by molar-refractivity contribution is -0.384. The molecule has 3 atom stereocenters. The summed E-state index contributed by atoms with van der Waals surface area (Å²) in [5.74, 6) is -0.257. The van der Waals surface area contributed by atoms with Gasteiger partial charge in [-0.05, 0) is 49.1 Å². The lowest BCUT2D eigenvalue weighted by Crippen LogP contribution is -2.43. The summed E-state index contributed by atoms with van der Waals surface area (Å²) >= 11 is 0. The molecule has 0 spiro atoms. The maximum Gasteiger partial charge on any atom is 0.338 e. The van der Waals surface area contributed by atoms with E-state index in [2.05, 4.69) is 6.92 Å². The van der Waals surface area contributed by atoms with Gasteiger partial charge in [-0.25, -0.2) is 4.79 Å². The molecular formula is C24H23NO7. The van der Waals surface area contributed by atoms with Crippen molar-refractivity contribution < 1.29 is 28.7 Å². The van der Waals surface area contributed by atoms with Gasteiger partial charge in [-0.1, -0.05) is 19.1 Å². The maximum absolute atomic E-state index is 12.9. The zero-order valence-electron chi connectivity index (χ0n) is 17.6. The van der Waals surface area contributed by atoms with Crippen molar-refractivity contribution in [1.82, 2.24) is 0 Å². The summed E-state index contributed by atoms with van der Waals surface area (Å²) in [7, 11) is 0. The van der Waals surface area contributed by atoms with Gasteiger partial charge in [-0.2, -0.15) is 0 Å². The summed E-state index contributed by atoms with van der Waals surface area (Å²) < 4.78 is 17.1. The molecule has 1 fully saturated rings. The summed E-state index contributed by atoms with van der Waals surface area (Å²) in [5.41, 5.74) is 1.32. The lowest BCUT2D eigenvalue weighted by atomic mass is 9.80. The second-order valence-electron chi connectivity index (χ2n) is 7.87. The van der Waals surface area contributed by atoms with Crippen LogP contribution in [0.3, 0.4) is 0 Å². The number of esters is 1. The van der Waals surface area contributed by atoms with Crippen LogP contribution in [0.15, 0.2) is 60.6 Å². The molecule has 0 radical (unpaired) electrons. The molecule has 2 aromatic carbocycles. The van der Waals surface area contributed by atoms with Gasteiger partial charge in [-0.15, -0.1) is 0 Å². The van der Waals surface area contributed by atoms with Crippen LogP contribution < -0.4 is 4.74 Å². The Balaban J connectivity index is 1.35. The molecule has 8 nitrogen and oxygen atoms in total. The van der Waals surface area contributed by atoms with E-state index < -0.39 is 17.0 Å². The number of nitro groups is 1. The van der Waals surface area contributed by atoms with Crippen LogP contribution in [0.4, 0.5) is 5.69 Å². The Hall–Kier alpha value is -3.68. The maximum atomic E-state index is 12.9. The molecule has 0 N–H and O–H groups in total. The first-order valence-electron chi connectivity index (χ1n) is 10.6. The highest BCUT2D eigenvalue weighted by Crippen LogP contribution is 2.35. The fourth-order valence-corrected chi connectivity index (χ4v) is 3.97. The van der Waals surface area contributed by atoms with Crippen LogP contribution in [0.1, 0.15) is 42.1 Å². The van der Waals surface area contributed by atoms with Gasteiger partial charge >= 0.3 is 5.97 Å². The Kier molecular flexibility index (Phi) is 6.20. The van der Waals surface area contributed by atoms with E-state index >= 15 is 0 Å². The summed E-state index contributed by atoms with van der Waals surface area (Å²) in [6, 6.07) is 12.8. The molecule has 32 heavy (non-hydrogen) atoms. The van der Waals surface area contributed by atoms with Crippen LogP contribution in [0, 0.1) is 16.0 Å². The Morgan fingerprint density at radius 3 is 2.50 bits per heavy atom. The van der Waals surface area contributed by atoms with E-state index in [0.29, 0.717) is 25.0 Å². The molecule has 1 aliphatic heterocycles. The number of ketones is 1. The number of allylic oxidation sites excluding steroid dienone is 1. The predicted octanol–water partition coefficient (Wildman–Crippen LogP) is 4.37. The quantitative estimate of drug-likeness (QED) is 0.375. The number of carbonyl (C=O) groups excluding carboxylic acids is 2. The van der Waals surface area contributed by atoms with Crippen molar-refractivity contribution in [1.29, 1.82) is 0 Å². The van der Waals surface area contributed by atoms with Crippen molar-refractivity contribution in [3.63, 3.8) is 0 Å². The van der Waals surface area contributed by atoms with Crippen LogP contribution >= 0.6 is 0 Å². The minimum Gasteiger partial charge on any atom is -0.493 e. The van der Waals surface area contributed by atoms with Gasteiger partial charge in [0.05, 0.1) is 16.4 Å². The van der Waals surface area contributed by atoms with Crippen LogP contribution in [0.5, 0.6) is 5.75 Å². The highest BCUT2D eigenvalue weighted by atomic mass is 16.6. The third-order valence-electron chi connectivity index (χ3n) is 5.82. The van der Waals surface area contributed by atoms with Gasteiger partial charge < -0.3 is 14.2 Å². The molecule has 2 aromatic rings. The average Bonchev–Trinajstić information content (AvgIpc) is 2.81. The first kappa shape index (κ1) is 21.5. The molecule has 1 aliphatic carbocycles. The molecule has 8 heteroatoms. The Bertz CT molecular complexity index is 1040. The van der Waals surface area contributed by atoms with E-state index in [9.17, 15) is 19.7 Å². The molecule has 1 saturated carbocycles. The topological polar surface area (TPSA) is 105 Å². The zero-order chi connectivity index (χ0) is 22.7. The van der Waals surface area contributed by atoms with Crippen molar-refractivity contribution in [2.24, 2.45) is 5.92 Å². The van der Waals surface area contributed by atoms with Crippen LogP contribution in [-0.2, 0) is 20.7 Å². The van der Waals surface area contributed by atoms with E-state index in [0.717, 1.165) is 6.42 Å². The van der Waals surface area contributed by atoms with E-state index in [4.69, 9.17) is 14.2 Å². The predicted molar refractivity (Wildman–Crippen MR) is 114 cm³/mol. The van der Waals surface area contributed by atoms with E-state index in [1.807, 2.05) is 24.3 Å². The van der Waals surface area contributed by atoms with Gasteiger partial charge in [0.15, 0.2) is 0 Å². The third-order valence-corrected chi connectivity index (χ3v) is 5.82. The number of non-ortho nitro benzene ring substituents is 1. The molecule has 4 rings (SSSR count). The SMILES string of the molecule is CCc1ccc(OC2=COC3CC(OC(=O)c4ccc([N+](=O)[O-])cc4)CCC3C2=O)cc1. The Morgan fingerprint density at radius 2 is 1.84 bits per heavy atom. The average molecular weight is 437 g/mol. The number of rotatable bonds is 6. The summed E-state index contributed by atoms with van der Waals surface area (Å²) in [4.78, 5) is 35.5. The van der Waals surface area contributed by atoms with Gasteiger partial charge in [-0.3, -0.25) is 14.9 Å². The van der Waals surface area contributed by atoms with Crippen molar-refractivity contribution in [3.8, 4) is 5.75 Å². The van der Waals surface area contributed by atoms with Crippen molar-refractivity contribution in [2.45, 2.75) is 44.8 Å². The normalized spacial score (nSPS) is 22.2. The fraction of sp³-hybridized carbons (Fsp3) is 0.333. The standard InChI is InChI=1S/C24H23NO7/c1-2-15-3-9-18(10-4-15)31-22-14-30-21-13-19(11-12-20(21)23(22)26)32-24(27)16-5-7-17(8-6-16)25(28)29/h3-10,14,19-21H,2,11-13H2,1H3. The molecule has 0 bridgehead atoms. The molecule has 3 unspecified atom stereocenters. The van der Waals surface area contributed by atoms with Gasteiger partial charge in [0, 0.05) is 18.6 Å². The summed E-state index contributed by atoms with van der Waals surface area (Å²) in [6.45, 7) is 2.07. The van der Waals surface area contributed by atoms with Crippen LogP contribution in [0.25, 0.3) is 0 Å².